The Hall–Kier alpha value is -0.870. The summed E-state index contributed by atoms with van der Waals surface area (Å²) in [5.41, 5.74) is 5.59. The van der Waals surface area contributed by atoms with E-state index >= 15 is 0 Å². The van der Waals surface area contributed by atoms with Crippen LogP contribution < -0.4 is 5.73 Å². The van der Waals surface area contributed by atoms with Crippen molar-refractivity contribution in [3.8, 4) is 0 Å². The second kappa shape index (κ2) is 4.11. The zero-order chi connectivity index (χ0) is 10.8. The van der Waals surface area contributed by atoms with Gasteiger partial charge in [0.1, 0.15) is 0 Å². The smallest absolute Gasteiger partial charge is 0.267 e. The molecule has 1 rings (SSSR count). The van der Waals surface area contributed by atoms with Crippen LogP contribution in [0.15, 0.2) is 4.99 Å². The van der Waals surface area contributed by atoms with Gasteiger partial charge in [-0.2, -0.15) is 0 Å². The molecular weight excluding hydrogens is 188 g/mol. The van der Waals surface area contributed by atoms with Crippen LogP contribution in [0.3, 0.4) is 0 Å². The topological polar surface area (TPSA) is 41.6 Å². The fraction of sp³-hybridized carbons (Fsp3) is 0.889. The van der Waals surface area contributed by atoms with Crippen molar-refractivity contribution in [3.05, 3.63) is 0 Å². The van der Waals surface area contributed by atoms with Crippen molar-refractivity contribution in [2.75, 3.05) is 19.6 Å². The number of aliphatic imine (C=N–C) groups is 1. The van der Waals surface area contributed by atoms with Crippen LogP contribution in [0.5, 0.6) is 0 Å². The van der Waals surface area contributed by atoms with E-state index in [2.05, 4.69) is 4.99 Å². The molecule has 14 heavy (non-hydrogen) atoms. The summed E-state index contributed by atoms with van der Waals surface area (Å²) in [5.74, 6) is -1.95. The van der Waals surface area contributed by atoms with Gasteiger partial charge >= 0.3 is 0 Å². The SMILES string of the molecule is CC(C)CN=C(N)N1CCC(F)(F)C1. The number of halogens is 2. The van der Waals surface area contributed by atoms with Crippen molar-refractivity contribution in [3.63, 3.8) is 0 Å². The fourth-order valence-electron chi connectivity index (χ4n) is 1.31. The predicted molar refractivity (Wildman–Crippen MR) is 52.5 cm³/mol. The molecule has 0 unspecified atom stereocenters. The molecule has 0 spiro atoms. The Morgan fingerprint density at radius 1 is 1.57 bits per heavy atom. The summed E-state index contributed by atoms with van der Waals surface area (Å²) in [4.78, 5) is 5.51. The molecule has 1 aliphatic rings. The van der Waals surface area contributed by atoms with Crippen molar-refractivity contribution >= 4 is 5.96 Å². The van der Waals surface area contributed by atoms with Crippen molar-refractivity contribution in [2.45, 2.75) is 26.2 Å². The third-order valence-electron chi connectivity index (χ3n) is 2.11. The lowest BCUT2D eigenvalue weighted by Crippen LogP contribution is -2.37. The number of guanidine groups is 1. The Labute approximate surface area is 83.0 Å². The summed E-state index contributed by atoms with van der Waals surface area (Å²) in [7, 11) is 0. The van der Waals surface area contributed by atoms with Crippen molar-refractivity contribution in [1.82, 2.24) is 4.90 Å². The Morgan fingerprint density at radius 3 is 2.64 bits per heavy atom. The van der Waals surface area contributed by atoms with Crippen LogP contribution in [-0.2, 0) is 0 Å². The molecule has 0 aromatic heterocycles. The second-order valence-corrected chi connectivity index (χ2v) is 4.12. The van der Waals surface area contributed by atoms with E-state index < -0.39 is 5.92 Å². The average molecular weight is 205 g/mol. The lowest BCUT2D eigenvalue weighted by Gasteiger charge is -2.17. The zero-order valence-electron chi connectivity index (χ0n) is 8.63. The first-order chi connectivity index (χ1) is 6.41. The molecule has 0 aromatic carbocycles. The lowest BCUT2D eigenvalue weighted by molar-refractivity contribution is 0.0174. The molecule has 0 aliphatic carbocycles. The molecule has 1 saturated heterocycles. The minimum absolute atomic E-state index is 0.120. The first kappa shape index (κ1) is 11.2. The molecule has 3 nitrogen and oxygen atoms in total. The highest BCUT2D eigenvalue weighted by Crippen LogP contribution is 2.26. The van der Waals surface area contributed by atoms with Gasteiger partial charge in [0.15, 0.2) is 5.96 Å². The highest BCUT2D eigenvalue weighted by molar-refractivity contribution is 5.78. The van der Waals surface area contributed by atoms with Crippen LogP contribution in [0.4, 0.5) is 8.78 Å². The van der Waals surface area contributed by atoms with Gasteiger partial charge in [0.05, 0.1) is 6.54 Å². The van der Waals surface area contributed by atoms with Gasteiger partial charge in [-0.25, -0.2) is 8.78 Å². The van der Waals surface area contributed by atoms with Crippen LogP contribution in [0.1, 0.15) is 20.3 Å². The molecule has 0 aromatic rings. The Morgan fingerprint density at radius 2 is 2.21 bits per heavy atom. The zero-order valence-corrected chi connectivity index (χ0v) is 8.63. The monoisotopic (exact) mass is 205 g/mol. The number of hydrogen-bond acceptors (Lipinski definition) is 1. The van der Waals surface area contributed by atoms with E-state index in [0.29, 0.717) is 19.0 Å². The highest BCUT2D eigenvalue weighted by atomic mass is 19.3. The van der Waals surface area contributed by atoms with E-state index in [0.717, 1.165) is 0 Å². The van der Waals surface area contributed by atoms with Crippen LogP contribution in [0.2, 0.25) is 0 Å². The van der Waals surface area contributed by atoms with E-state index in [1.165, 1.54) is 4.90 Å². The van der Waals surface area contributed by atoms with E-state index in [1.54, 1.807) is 0 Å². The molecular formula is C9H17F2N3. The summed E-state index contributed by atoms with van der Waals surface area (Å²) in [6.07, 6.45) is -0.120. The van der Waals surface area contributed by atoms with Crippen LogP contribution in [0.25, 0.3) is 0 Å². The molecule has 0 bridgehead atoms. The normalized spacial score (nSPS) is 22.1. The standard InChI is InChI=1S/C9H17F2N3/c1-7(2)5-13-8(12)14-4-3-9(10,11)6-14/h7H,3-6H2,1-2H3,(H2,12,13). The third-order valence-corrected chi connectivity index (χ3v) is 2.11. The number of nitrogens with zero attached hydrogens (tertiary/aromatic N) is 2. The number of hydrogen-bond donors (Lipinski definition) is 1. The lowest BCUT2D eigenvalue weighted by atomic mass is 10.2. The predicted octanol–water partition coefficient (Wildman–Crippen LogP) is 1.30. The molecule has 1 heterocycles. The van der Waals surface area contributed by atoms with Crippen molar-refractivity contribution in [1.29, 1.82) is 0 Å². The summed E-state index contributed by atoms with van der Waals surface area (Å²) >= 11 is 0. The summed E-state index contributed by atoms with van der Waals surface area (Å²) in [5, 5.41) is 0. The molecule has 0 atom stereocenters. The second-order valence-electron chi connectivity index (χ2n) is 4.12. The van der Waals surface area contributed by atoms with Crippen LogP contribution in [-0.4, -0.2) is 36.4 Å². The Balaban J connectivity index is 2.46. The van der Waals surface area contributed by atoms with Crippen LogP contribution in [0, 0.1) is 5.92 Å². The largest absolute Gasteiger partial charge is 0.370 e. The van der Waals surface area contributed by atoms with Gasteiger partial charge in [0.25, 0.3) is 5.92 Å². The van der Waals surface area contributed by atoms with Gasteiger partial charge in [-0.15, -0.1) is 0 Å². The third kappa shape index (κ3) is 3.12. The minimum atomic E-state index is -2.60. The molecule has 82 valence electrons. The molecule has 1 fully saturated rings. The first-order valence-corrected chi connectivity index (χ1v) is 4.83. The molecule has 0 radical (unpaired) electrons. The van der Waals surface area contributed by atoms with Gasteiger partial charge in [-0.05, 0) is 5.92 Å². The molecule has 5 heteroatoms. The summed E-state index contributed by atoms with van der Waals surface area (Å²) < 4.78 is 25.6. The van der Waals surface area contributed by atoms with E-state index in [1.807, 2.05) is 13.8 Å². The number of rotatable bonds is 2. The summed E-state index contributed by atoms with van der Waals surface area (Å²) in [6.45, 7) is 4.62. The minimum Gasteiger partial charge on any atom is -0.370 e. The van der Waals surface area contributed by atoms with E-state index in [4.69, 9.17) is 5.73 Å². The van der Waals surface area contributed by atoms with E-state index in [9.17, 15) is 8.78 Å². The van der Waals surface area contributed by atoms with Gasteiger partial charge in [-0.3, -0.25) is 4.99 Å². The fourth-order valence-corrected chi connectivity index (χ4v) is 1.31. The Kier molecular flexibility index (Phi) is 3.29. The van der Waals surface area contributed by atoms with Gasteiger partial charge in [0.2, 0.25) is 0 Å². The average Bonchev–Trinajstić information content (AvgIpc) is 2.41. The maximum Gasteiger partial charge on any atom is 0.267 e. The first-order valence-electron chi connectivity index (χ1n) is 4.83. The van der Waals surface area contributed by atoms with Gasteiger partial charge in [-0.1, -0.05) is 13.8 Å². The number of alkyl halides is 2. The number of likely N-dealkylation sites (tertiary alicyclic amines) is 1. The molecule has 1 aliphatic heterocycles. The molecule has 0 saturated carbocycles. The van der Waals surface area contributed by atoms with E-state index in [-0.39, 0.29) is 18.9 Å². The van der Waals surface area contributed by atoms with Crippen molar-refractivity contribution in [2.24, 2.45) is 16.6 Å². The van der Waals surface area contributed by atoms with Crippen LogP contribution >= 0.6 is 0 Å². The number of nitrogens with two attached hydrogens (primary N) is 1. The highest BCUT2D eigenvalue weighted by Gasteiger charge is 2.38. The van der Waals surface area contributed by atoms with Gasteiger partial charge in [0, 0.05) is 19.5 Å². The Bertz CT molecular complexity index is 226. The molecule has 0 amide bonds. The maximum atomic E-state index is 12.8. The quantitative estimate of drug-likeness (QED) is 0.545. The van der Waals surface area contributed by atoms with Gasteiger partial charge < -0.3 is 10.6 Å². The summed E-state index contributed by atoms with van der Waals surface area (Å²) in [6, 6.07) is 0. The molecule has 2 N–H and O–H groups in total. The maximum absolute atomic E-state index is 12.8. The van der Waals surface area contributed by atoms with Crippen molar-refractivity contribution < 1.29 is 8.78 Å².